The number of carboxylic acids is 1. The van der Waals surface area contributed by atoms with Crippen LogP contribution in [0.4, 0.5) is 0 Å². The molecule has 0 aliphatic rings. The molecule has 0 aromatic heterocycles. The van der Waals surface area contributed by atoms with Crippen molar-refractivity contribution >= 4 is 55.1 Å². The van der Waals surface area contributed by atoms with E-state index in [9.17, 15) is 18.3 Å². The Morgan fingerprint density at radius 3 is 2.26 bits per heavy atom. The topological polar surface area (TPSA) is 74.7 Å². The lowest BCUT2D eigenvalue weighted by atomic mass is 10.1. The van der Waals surface area contributed by atoms with Gasteiger partial charge in [0.15, 0.2) is 0 Å². The van der Waals surface area contributed by atoms with Crippen LogP contribution in [0.1, 0.15) is 11.1 Å². The van der Waals surface area contributed by atoms with E-state index in [-0.39, 0.29) is 27.9 Å². The van der Waals surface area contributed by atoms with Crippen LogP contribution in [0.25, 0.3) is 0 Å². The van der Waals surface area contributed by atoms with Crippen LogP contribution in [0, 0.1) is 0 Å². The molecule has 3 rings (SSSR count). The molecule has 0 aliphatic carbocycles. The van der Waals surface area contributed by atoms with Gasteiger partial charge in [-0.15, -0.1) is 0 Å². The monoisotopic (exact) mass is 541 g/mol. The maximum absolute atomic E-state index is 13.6. The molecule has 3 aromatic carbocycles. The molecule has 0 aliphatic heterocycles. The van der Waals surface area contributed by atoms with Crippen molar-refractivity contribution in [1.29, 1.82) is 0 Å². The van der Waals surface area contributed by atoms with E-state index in [1.807, 2.05) is 6.07 Å². The minimum Gasteiger partial charge on any atom is -0.480 e. The van der Waals surface area contributed by atoms with E-state index >= 15 is 0 Å². The van der Waals surface area contributed by atoms with Gasteiger partial charge in [-0.2, -0.15) is 4.31 Å². The van der Waals surface area contributed by atoms with Gasteiger partial charge < -0.3 is 5.11 Å². The third-order valence-corrected chi connectivity index (χ3v) is 7.68. The molecule has 1 atom stereocenters. The molecule has 0 amide bonds. The second-order valence-electron chi connectivity index (χ2n) is 6.80. The average Bonchev–Trinajstić information content (AvgIpc) is 2.71. The molecule has 162 valence electrons. The Kier molecular flexibility index (Phi) is 7.78. The maximum atomic E-state index is 13.6. The lowest BCUT2D eigenvalue weighted by Crippen LogP contribution is -2.46. The molecule has 0 fully saturated rings. The molecule has 0 saturated carbocycles. The van der Waals surface area contributed by atoms with E-state index in [0.717, 1.165) is 8.78 Å². The molecule has 0 saturated heterocycles. The van der Waals surface area contributed by atoms with E-state index in [1.54, 1.807) is 48.5 Å². The van der Waals surface area contributed by atoms with Crippen LogP contribution in [0.3, 0.4) is 0 Å². The summed E-state index contributed by atoms with van der Waals surface area (Å²) in [4.78, 5) is 12.0. The van der Waals surface area contributed by atoms with Crippen LogP contribution in [-0.4, -0.2) is 29.8 Å². The van der Waals surface area contributed by atoms with Crippen LogP contribution < -0.4 is 0 Å². The zero-order chi connectivity index (χ0) is 22.6. The normalized spacial score (nSPS) is 12.6. The molecular weight excluding hydrogens is 525 g/mol. The van der Waals surface area contributed by atoms with Crippen molar-refractivity contribution in [2.45, 2.75) is 23.9 Å². The number of carboxylic acid groups (broad SMARTS) is 1. The van der Waals surface area contributed by atoms with Gasteiger partial charge in [-0.3, -0.25) is 4.79 Å². The Bertz CT molecular complexity index is 1190. The quantitative estimate of drug-likeness (QED) is 0.399. The van der Waals surface area contributed by atoms with E-state index in [1.165, 1.54) is 18.2 Å². The second-order valence-corrected chi connectivity index (χ2v) is 10.4. The van der Waals surface area contributed by atoms with Gasteiger partial charge in [0.2, 0.25) is 10.0 Å². The molecule has 3 aromatic rings. The number of hydrogen-bond donors (Lipinski definition) is 1. The summed E-state index contributed by atoms with van der Waals surface area (Å²) in [6.07, 6.45) is -0.00534. The fourth-order valence-corrected chi connectivity index (χ4v) is 5.90. The van der Waals surface area contributed by atoms with E-state index in [0.29, 0.717) is 11.1 Å². The first-order chi connectivity index (χ1) is 14.7. The van der Waals surface area contributed by atoms with Crippen LogP contribution >= 0.6 is 39.1 Å². The van der Waals surface area contributed by atoms with Crippen molar-refractivity contribution in [3.05, 3.63) is 98.4 Å². The van der Waals surface area contributed by atoms with E-state index < -0.39 is 22.0 Å². The number of carbonyl (C=O) groups is 1. The molecule has 5 nitrogen and oxygen atoms in total. The van der Waals surface area contributed by atoms with Crippen LogP contribution in [0.2, 0.25) is 10.0 Å². The Morgan fingerprint density at radius 2 is 1.65 bits per heavy atom. The van der Waals surface area contributed by atoms with Gasteiger partial charge >= 0.3 is 5.97 Å². The summed E-state index contributed by atoms with van der Waals surface area (Å²) in [5.41, 5.74) is 1.33. The molecule has 0 bridgehead atoms. The van der Waals surface area contributed by atoms with Gasteiger partial charge in [-0.25, -0.2) is 8.42 Å². The van der Waals surface area contributed by atoms with Crippen molar-refractivity contribution in [3.63, 3.8) is 0 Å². The first kappa shape index (κ1) is 23.8. The number of halogens is 3. The SMILES string of the molecule is O=C(O)C(Cc1ccccc1)N(Cc1cccc(Br)c1)S(=O)(=O)c1ccc(Cl)cc1Cl. The van der Waals surface area contributed by atoms with E-state index in [2.05, 4.69) is 15.9 Å². The first-order valence-corrected chi connectivity index (χ1v) is 12.2. The lowest BCUT2D eigenvalue weighted by molar-refractivity contribution is -0.141. The summed E-state index contributed by atoms with van der Waals surface area (Å²) in [5, 5.41) is 10.2. The van der Waals surface area contributed by atoms with Crippen molar-refractivity contribution in [2.24, 2.45) is 0 Å². The van der Waals surface area contributed by atoms with Crippen molar-refractivity contribution in [1.82, 2.24) is 4.31 Å². The molecule has 0 heterocycles. The third-order valence-electron chi connectivity index (χ3n) is 4.61. The molecular formula is C22H18BrCl2NO4S. The van der Waals surface area contributed by atoms with Gasteiger partial charge in [0, 0.05) is 16.0 Å². The van der Waals surface area contributed by atoms with Gasteiger partial charge in [0.1, 0.15) is 10.9 Å². The van der Waals surface area contributed by atoms with Crippen molar-refractivity contribution < 1.29 is 18.3 Å². The third kappa shape index (κ3) is 5.87. The Labute approximate surface area is 199 Å². The highest BCUT2D eigenvalue weighted by atomic mass is 79.9. The fraction of sp³-hybridized carbons (Fsp3) is 0.136. The van der Waals surface area contributed by atoms with E-state index in [4.69, 9.17) is 23.2 Å². The Morgan fingerprint density at radius 1 is 0.968 bits per heavy atom. The maximum Gasteiger partial charge on any atom is 0.322 e. The molecule has 0 radical (unpaired) electrons. The van der Waals surface area contributed by atoms with Gasteiger partial charge in [-0.1, -0.05) is 81.6 Å². The number of benzene rings is 3. The largest absolute Gasteiger partial charge is 0.480 e. The van der Waals surface area contributed by atoms with Crippen molar-refractivity contribution in [3.8, 4) is 0 Å². The van der Waals surface area contributed by atoms with Crippen LogP contribution in [0.15, 0.2) is 82.2 Å². The fourth-order valence-electron chi connectivity index (χ4n) is 3.14. The summed E-state index contributed by atoms with van der Waals surface area (Å²) in [6.45, 7) is -0.148. The highest BCUT2D eigenvalue weighted by molar-refractivity contribution is 9.10. The predicted octanol–water partition coefficient (Wildman–Crippen LogP) is 5.64. The first-order valence-electron chi connectivity index (χ1n) is 9.16. The van der Waals surface area contributed by atoms with Gasteiger partial charge in [-0.05, 0) is 47.9 Å². The van der Waals surface area contributed by atoms with Crippen molar-refractivity contribution in [2.75, 3.05) is 0 Å². The second kappa shape index (κ2) is 10.1. The summed E-state index contributed by atoms with van der Waals surface area (Å²) in [7, 11) is -4.28. The Balaban J connectivity index is 2.11. The van der Waals surface area contributed by atoms with Gasteiger partial charge in [0.05, 0.1) is 5.02 Å². The molecule has 1 unspecified atom stereocenters. The summed E-state index contributed by atoms with van der Waals surface area (Å²) >= 11 is 15.5. The average molecular weight is 543 g/mol. The minimum atomic E-state index is -4.28. The van der Waals surface area contributed by atoms with Crippen LogP contribution in [0.5, 0.6) is 0 Å². The zero-order valence-electron chi connectivity index (χ0n) is 16.1. The number of sulfonamides is 1. The zero-order valence-corrected chi connectivity index (χ0v) is 20.0. The number of aliphatic carboxylic acids is 1. The molecule has 0 spiro atoms. The van der Waals surface area contributed by atoms with Crippen LogP contribution in [-0.2, 0) is 27.8 Å². The molecule has 9 heteroatoms. The number of nitrogens with zero attached hydrogens (tertiary/aromatic N) is 1. The molecule has 31 heavy (non-hydrogen) atoms. The Hall–Kier alpha value is -1.90. The minimum absolute atomic E-state index is 0.00534. The smallest absolute Gasteiger partial charge is 0.322 e. The summed E-state index contributed by atoms with van der Waals surface area (Å²) < 4.78 is 28.9. The van der Waals surface area contributed by atoms with Gasteiger partial charge in [0.25, 0.3) is 0 Å². The standard InChI is InChI=1S/C22H18BrCl2NO4S/c23-17-8-4-7-16(11-17)14-26(20(22(27)28)12-15-5-2-1-3-6-15)31(29,30)21-10-9-18(24)13-19(21)25/h1-11,13,20H,12,14H2,(H,27,28). The molecule has 1 N–H and O–H groups in total. The summed E-state index contributed by atoms with van der Waals surface area (Å²) in [5.74, 6) is -1.26. The number of hydrogen-bond acceptors (Lipinski definition) is 3. The predicted molar refractivity (Wildman–Crippen MR) is 125 cm³/mol. The summed E-state index contributed by atoms with van der Waals surface area (Å²) in [6, 6.07) is 18.6. The number of rotatable bonds is 8. The highest BCUT2D eigenvalue weighted by Crippen LogP contribution is 2.31. The highest BCUT2D eigenvalue weighted by Gasteiger charge is 2.37. The lowest BCUT2D eigenvalue weighted by Gasteiger charge is -2.29.